The fraction of sp³-hybridized carbons (Fsp3) is 0.267. The zero-order chi connectivity index (χ0) is 26.6. The van der Waals surface area contributed by atoms with E-state index in [1.54, 1.807) is 6.07 Å². The predicted octanol–water partition coefficient (Wildman–Crippen LogP) is 4.84. The second kappa shape index (κ2) is 11.1. The number of carboxylic acid groups (broad SMARTS) is 1. The van der Waals surface area contributed by atoms with Gasteiger partial charge in [-0.2, -0.15) is 0 Å². The molecule has 38 heavy (non-hydrogen) atoms. The van der Waals surface area contributed by atoms with Crippen molar-refractivity contribution in [2.75, 3.05) is 44.4 Å². The van der Waals surface area contributed by atoms with Gasteiger partial charge in [-0.05, 0) is 22.8 Å². The Bertz CT molecular complexity index is 1490. The Hall–Kier alpha value is -4.04. The third kappa shape index (κ3) is 4.67. The normalized spacial score (nSPS) is 15.4. The Morgan fingerprint density at radius 3 is 2.05 bits per heavy atom. The molecule has 196 valence electrons. The van der Waals surface area contributed by atoms with E-state index in [2.05, 4.69) is 15.2 Å². The van der Waals surface area contributed by atoms with Crippen LogP contribution in [0.3, 0.4) is 0 Å². The van der Waals surface area contributed by atoms with Gasteiger partial charge in [-0.25, -0.2) is 4.79 Å². The highest BCUT2D eigenvalue weighted by atomic mass is 19.1. The predicted molar refractivity (Wildman–Crippen MR) is 145 cm³/mol. The van der Waals surface area contributed by atoms with Crippen LogP contribution in [-0.4, -0.2) is 55.6 Å². The van der Waals surface area contributed by atoms with Crippen molar-refractivity contribution < 1.29 is 18.7 Å². The summed E-state index contributed by atoms with van der Waals surface area (Å²) in [6.07, 6.45) is 1.17. The van der Waals surface area contributed by atoms with Gasteiger partial charge in [0.1, 0.15) is 18.9 Å². The van der Waals surface area contributed by atoms with Crippen LogP contribution in [-0.2, 0) is 0 Å². The van der Waals surface area contributed by atoms with Crippen LogP contribution >= 0.6 is 0 Å². The number of carbonyl (C=O) groups is 1. The standard InChI is InChI=1S/C30H29F2N3O3/c31-16-23(19-7-3-1-4-8-19)21-15-22-27(34-18-25(29(22)36)30(37)38)26(28(21)35-13-11-33-12-14-35)24(17-32)20-9-5-2-6-10-20/h1-10,15,18,23-24,33H,11-14,16-17H2,(H,34,36)(H,37,38). The van der Waals surface area contributed by atoms with Crippen molar-refractivity contribution in [1.29, 1.82) is 0 Å². The van der Waals surface area contributed by atoms with Crippen molar-refractivity contribution in [2.45, 2.75) is 11.8 Å². The summed E-state index contributed by atoms with van der Waals surface area (Å²) in [6, 6.07) is 19.9. The SMILES string of the molecule is O=C(O)c1c[nH]c2c(C(CF)c3ccccc3)c(N3CCNCC3)c(C(CF)c3ccccc3)cc2c1=O. The van der Waals surface area contributed by atoms with E-state index >= 15 is 4.39 Å². The first-order chi connectivity index (χ1) is 18.5. The molecule has 0 spiro atoms. The molecule has 1 aliphatic rings. The zero-order valence-electron chi connectivity index (χ0n) is 20.8. The van der Waals surface area contributed by atoms with Gasteiger partial charge in [-0.15, -0.1) is 0 Å². The molecule has 0 aliphatic carbocycles. The molecule has 1 saturated heterocycles. The number of rotatable bonds is 8. The van der Waals surface area contributed by atoms with Crippen LogP contribution in [0.2, 0.25) is 0 Å². The second-order valence-electron chi connectivity index (χ2n) is 9.46. The largest absolute Gasteiger partial charge is 0.477 e. The molecule has 3 aromatic carbocycles. The molecule has 3 N–H and O–H groups in total. The molecule has 0 amide bonds. The molecular weight excluding hydrogens is 488 g/mol. The number of nitrogens with one attached hydrogen (secondary N) is 2. The lowest BCUT2D eigenvalue weighted by atomic mass is 9.82. The quantitative estimate of drug-likeness (QED) is 0.312. The summed E-state index contributed by atoms with van der Waals surface area (Å²) in [6.45, 7) is 1.13. The van der Waals surface area contributed by atoms with Gasteiger partial charge in [0.15, 0.2) is 0 Å². The van der Waals surface area contributed by atoms with Gasteiger partial charge in [0.25, 0.3) is 0 Å². The summed E-state index contributed by atoms with van der Waals surface area (Å²) in [5.74, 6) is -2.85. The zero-order valence-corrected chi connectivity index (χ0v) is 20.8. The Morgan fingerprint density at radius 1 is 0.921 bits per heavy atom. The van der Waals surface area contributed by atoms with Gasteiger partial charge in [-0.1, -0.05) is 60.7 Å². The maximum atomic E-state index is 15.1. The molecule has 1 aliphatic heterocycles. The van der Waals surface area contributed by atoms with E-state index in [1.807, 2.05) is 60.7 Å². The summed E-state index contributed by atoms with van der Waals surface area (Å²) in [5.41, 5.74) is 2.48. The molecular formula is C30H29F2N3O3. The van der Waals surface area contributed by atoms with Crippen LogP contribution in [0.15, 0.2) is 77.7 Å². The average Bonchev–Trinajstić information content (AvgIpc) is 2.96. The minimum atomic E-state index is -1.36. The molecule has 1 fully saturated rings. The molecule has 6 nitrogen and oxygen atoms in total. The highest BCUT2D eigenvalue weighted by Crippen LogP contribution is 2.44. The van der Waals surface area contributed by atoms with E-state index in [0.29, 0.717) is 54.1 Å². The third-order valence-corrected chi connectivity index (χ3v) is 7.32. The fourth-order valence-electron chi connectivity index (χ4n) is 5.47. The Balaban J connectivity index is 1.92. The molecule has 1 aromatic heterocycles. The van der Waals surface area contributed by atoms with E-state index < -0.39 is 42.1 Å². The van der Waals surface area contributed by atoms with Gasteiger partial charge in [0.2, 0.25) is 5.43 Å². The van der Waals surface area contributed by atoms with E-state index in [-0.39, 0.29) is 5.39 Å². The number of fused-ring (bicyclic) bond motifs is 1. The number of H-pyrrole nitrogens is 1. The number of halogens is 2. The first-order valence-corrected chi connectivity index (χ1v) is 12.7. The minimum absolute atomic E-state index is 0.109. The lowest BCUT2D eigenvalue weighted by Gasteiger charge is -2.36. The third-order valence-electron chi connectivity index (χ3n) is 7.32. The number of carboxylic acids is 1. The summed E-state index contributed by atoms with van der Waals surface area (Å²) >= 11 is 0. The van der Waals surface area contributed by atoms with Crippen LogP contribution in [0.4, 0.5) is 14.5 Å². The highest BCUT2D eigenvalue weighted by Gasteiger charge is 2.32. The summed E-state index contributed by atoms with van der Waals surface area (Å²) in [4.78, 5) is 30.4. The molecule has 2 unspecified atom stereocenters. The first kappa shape index (κ1) is 25.6. The Labute approximate surface area is 218 Å². The summed E-state index contributed by atoms with van der Waals surface area (Å²) in [7, 11) is 0. The molecule has 2 atom stereocenters. The van der Waals surface area contributed by atoms with Crippen molar-refractivity contribution in [3.05, 3.63) is 111 Å². The Kier molecular flexibility index (Phi) is 7.51. The van der Waals surface area contributed by atoms with Gasteiger partial charge in [-0.3, -0.25) is 13.6 Å². The maximum Gasteiger partial charge on any atom is 0.341 e. The van der Waals surface area contributed by atoms with Crippen molar-refractivity contribution in [3.63, 3.8) is 0 Å². The van der Waals surface area contributed by atoms with Crippen molar-refractivity contribution in [1.82, 2.24) is 10.3 Å². The first-order valence-electron chi connectivity index (χ1n) is 12.7. The van der Waals surface area contributed by atoms with Crippen molar-refractivity contribution in [3.8, 4) is 0 Å². The number of benzene rings is 3. The van der Waals surface area contributed by atoms with E-state index in [9.17, 15) is 19.1 Å². The van der Waals surface area contributed by atoms with Crippen molar-refractivity contribution in [2.24, 2.45) is 0 Å². The van der Waals surface area contributed by atoms with Gasteiger partial charge >= 0.3 is 5.97 Å². The van der Waals surface area contributed by atoms with Gasteiger partial charge < -0.3 is 20.3 Å². The number of pyridine rings is 1. The molecule has 5 rings (SSSR count). The van der Waals surface area contributed by atoms with E-state index in [0.717, 1.165) is 5.56 Å². The number of anilines is 1. The number of hydrogen-bond acceptors (Lipinski definition) is 4. The number of piperazine rings is 1. The molecule has 0 radical (unpaired) electrons. The lowest BCUT2D eigenvalue weighted by molar-refractivity contribution is 0.0695. The minimum Gasteiger partial charge on any atom is -0.477 e. The molecule has 4 aromatic rings. The lowest BCUT2D eigenvalue weighted by Crippen LogP contribution is -2.44. The van der Waals surface area contributed by atoms with Crippen LogP contribution in [0.1, 0.15) is 44.4 Å². The molecule has 0 bridgehead atoms. The van der Waals surface area contributed by atoms with Crippen LogP contribution in [0, 0.1) is 0 Å². The van der Waals surface area contributed by atoms with Crippen LogP contribution in [0.5, 0.6) is 0 Å². The van der Waals surface area contributed by atoms with Crippen molar-refractivity contribution >= 4 is 22.6 Å². The molecule has 2 heterocycles. The molecule has 8 heteroatoms. The number of alkyl halides is 2. The second-order valence-corrected chi connectivity index (χ2v) is 9.46. The van der Waals surface area contributed by atoms with Gasteiger partial charge in [0.05, 0.1) is 5.52 Å². The number of nitrogens with zero attached hydrogens (tertiary/aromatic N) is 1. The summed E-state index contributed by atoms with van der Waals surface area (Å²) in [5, 5.41) is 13.1. The van der Waals surface area contributed by atoms with Crippen LogP contribution < -0.4 is 15.6 Å². The number of aromatic amines is 1. The Morgan fingerprint density at radius 2 is 1.50 bits per heavy atom. The molecule has 0 saturated carbocycles. The van der Waals surface area contributed by atoms with Crippen LogP contribution in [0.25, 0.3) is 10.9 Å². The van der Waals surface area contributed by atoms with Gasteiger partial charge in [0, 0.05) is 60.8 Å². The fourth-order valence-corrected chi connectivity index (χ4v) is 5.47. The maximum absolute atomic E-state index is 15.1. The average molecular weight is 518 g/mol. The smallest absolute Gasteiger partial charge is 0.341 e. The number of aromatic carboxylic acids is 1. The summed E-state index contributed by atoms with van der Waals surface area (Å²) < 4.78 is 30.0. The highest BCUT2D eigenvalue weighted by molar-refractivity contribution is 5.96. The number of aromatic nitrogens is 1. The van der Waals surface area contributed by atoms with E-state index in [4.69, 9.17) is 0 Å². The monoisotopic (exact) mass is 517 g/mol. The topological polar surface area (TPSA) is 85.4 Å². The van der Waals surface area contributed by atoms with E-state index in [1.165, 1.54) is 6.20 Å². The number of hydrogen-bond donors (Lipinski definition) is 3.